The normalized spacial score (nSPS) is 22.7. The van der Waals surface area contributed by atoms with Crippen molar-refractivity contribution in [3.05, 3.63) is 35.4 Å². The van der Waals surface area contributed by atoms with Crippen LogP contribution >= 0.6 is 0 Å². The van der Waals surface area contributed by atoms with Crippen LogP contribution in [-0.2, 0) is 0 Å². The number of carbonyl (C=O) groups is 2. The molecule has 23 heavy (non-hydrogen) atoms. The van der Waals surface area contributed by atoms with Crippen LogP contribution in [-0.4, -0.2) is 50.5 Å². The fourth-order valence-electron chi connectivity index (χ4n) is 4.14. The van der Waals surface area contributed by atoms with Gasteiger partial charge in [-0.15, -0.1) is 0 Å². The highest BCUT2D eigenvalue weighted by Gasteiger charge is 2.46. The van der Waals surface area contributed by atoms with Gasteiger partial charge in [0, 0.05) is 6.54 Å². The Kier molecular flexibility index (Phi) is 4.10. The molecule has 6 heteroatoms. The van der Waals surface area contributed by atoms with E-state index in [4.69, 9.17) is 0 Å². The standard InChI is InChI=1S/C17H26N2O2Si2/c1-22(2)12-13-23(3,4)19(22)11-7-10-18-16(20)14-8-5-6-9-15(14)17(18)21/h5-6,8-9H,7,10-13H2,1-4H3. The number of carbonyl (C=O) groups excluding carboxylic acids is 2. The molecule has 1 aromatic rings. The van der Waals surface area contributed by atoms with Gasteiger partial charge in [0.1, 0.15) is 16.5 Å². The summed E-state index contributed by atoms with van der Waals surface area (Å²) >= 11 is 0. The van der Waals surface area contributed by atoms with Crippen LogP contribution in [0, 0.1) is 0 Å². The van der Waals surface area contributed by atoms with Crippen molar-refractivity contribution >= 4 is 28.3 Å². The van der Waals surface area contributed by atoms with E-state index in [0.717, 1.165) is 13.0 Å². The van der Waals surface area contributed by atoms with Gasteiger partial charge >= 0.3 is 0 Å². The van der Waals surface area contributed by atoms with E-state index in [2.05, 4.69) is 30.4 Å². The molecule has 0 saturated carbocycles. The minimum atomic E-state index is -1.27. The monoisotopic (exact) mass is 346 g/mol. The number of hydrogen-bond donors (Lipinski definition) is 0. The summed E-state index contributed by atoms with van der Waals surface area (Å²) in [6.45, 7) is 11.4. The lowest BCUT2D eigenvalue weighted by atomic mass is 10.1. The number of nitrogens with zero attached hydrogens (tertiary/aromatic N) is 2. The smallest absolute Gasteiger partial charge is 0.261 e. The molecule has 1 aromatic carbocycles. The van der Waals surface area contributed by atoms with E-state index in [9.17, 15) is 9.59 Å². The summed E-state index contributed by atoms with van der Waals surface area (Å²) < 4.78 is 2.80. The van der Waals surface area contributed by atoms with Crippen LogP contribution in [0.25, 0.3) is 0 Å². The molecule has 2 heterocycles. The SMILES string of the molecule is C[Si]1(C)CC[Si](C)(C)N1CCCN1C(=O)c2ccccc2C1=O. The third-order valence-corrected chi connectivity index (χ3v) is 15.9. The minimum absolute atomic E-state index is 0.125. The lowest BCUT2D eigenvalue weighted by Crippen LogP contribution is -2.55. The molecule has 1 fully saturated rings. The van der Waals surface area contributed by atoms with Crippen molar-refractivity contribution < 1.29 is 9.59 Å². The molecule has 0 atom stereocenters. The van der Waals surface area contributed by atoms with Crippen LogP contribution in [0.5, 0.6) is 0 Å². The van der Waals surface area contributed by atoms with E-state index in [1.807, 2.05) is 12.1 Å². The summed E-state index contributed by atoms with van der Waals surface area (Å²) in [6, 6.07) is 9.92. The third-order valence-electron chi connectivity index (χ3n) is 5.45. The van der Waals surface area contributed by atoms with Crippen LogP contribution in [0.2, 0.25) is 38.3 Å². The van der Waals surface area contributed by atoms with Crippen LogP contribution < -0.4 is 0 Å². The lowest BCUT2D eigenvalue weighted by molar-refractivity contribution is 0.0652. The Morgan fingerprint density at radius 3 is 1.83 bits per heavy atom. The van der Waals surface area contributed by atoms with Gasteiger partial charge in [0.05, 0.1) is 11.1 Å². The zero-order chi connectivity index (χ0) is 16.8. The molecule has 124 valence electrons. The zero-order valence-electron chi connectivity index (χ0n) is 14.6. The fourth-order valence-corrected chi connectivity index (χ4v) is 18.3. The first-order chi connectivity index (χ1) is 10.7. The molecule has 4 nitrogen and oxygen atoms in total. The van der Waals surface area contributed by atoms with Gasteiger partial charge in [-0.2, -0.15) is 0 Å². The van der Waals surface area contributed by atoms with E-state index >= 15 is 0 Å². The summed E-state index contributed by atoms with van der Waals surface area (Å²) in [4.78, 5) is 26.2. The maximum Gasteiger partial charge on any atom is 0.261 e. The van der Waals surface area contributed by atoms with Crippen molar-refractivity contribution in [1.82, 2.24) is 9.13 Å². The second kappa shape index (κ2) is 5.68. The van der Waals surface area contributed by atoms with E-state index in [1.165, 1.54) is 17.0 Å². The quantitative estimate of drug-likeness (QED) is 0.620. The molecule has 2 aliphatic rings. The second-order valence-electron chi connectivity index (χ2n) is 7.94. The number of rotatable bonds is 4. The summed E-state index contributed by atoms with van der Waals surface area (Å²) in [7, 11) is -2.55. The Hall–Kier alpha value is -1.25. The largest absolute Gasteiger partial charge is 0.345 e. The van der Waals surface area contributed by atoms with Gasteiger partial charge in [0.25, 0.3) is 11.8 Å². The molecular weight excluding hydrogens is 320 g/mol. The number of fused-ring (bicyclic) bond motifs is 1. The van der Waals surface area contributed by atoms with Crippen molar-refractivity contribution in [2.45, 2.75) is 44.7 Å². The van der Waals surface area contributed by atoms with Crippen molar-refractivity contribution in [1.29, 1.82) is 0 Å². The molecule has 0 N–H and O–H groups in total. The van der Waals surface area contributed by atoms with Gasteiger partial charge in [-0.3, -0.25) is 14.5 Å². The number of hydrogen-bond acceptors (Lipinski definition) is 3. The summed E-state index contributed by atoms with van der Waals surface area (Å²) in [5.74, 6) is -0.250. The van der Waals surface area contributed by atoms with Gasteiger partial charge in [-0.05, 0) is 37.2 Å². The molecule has 0 aliphatic carbocycles. The average molecular weight is 347 g/mol. The van der Waals surface area contributed by atoms with Crippen LogP contribution in [0.3, 0.4) is 0 Å². The Balaban J connectivity index is 1.64. The highest BCUT2D eigenvalue weighted by atomic mass is 28.4. The summed E-state index contributed by atoms with van der Waals surface area (Å²) in [6.07, 6.45) is 0.887. The van der Waals surface area contributed by atoms with Gasteiger partial charge in [0.15, 0.2) is 0 Å². The molecule has 2 amide bonds. The van der Waals surface area contributed by atoms with E-state index in [0.29, 0.717) is 17.7 Å². The molecule has 0 radical (unpaired) electrons. The molecular formula is C17H26N2O2Si2. The van der Waals surface area contributed by atoms with Crippen LogP contribution in [0.15, 0.2) is 24.3 Å². The van der Waals surface area contributed by atoms with E-state index in [1.54, 1.807) is 12.1 Å². The average Bonchev–Trinajstić information content (AvgIpc) is 2.86. The Labute approximate surface area is 140 Å². The van der Waals surface area contributed by atoms with Crippen molar-refractivity contribution in [3.63, 3.8) is 0 Å². The van der Waals surface area contributed by atoms with Crippen molar-refractivity contribution in [2.75, 3.05) is 13.1 Å². The number of imide groups is 1. The lowest BCUT2D eigenvalue weighted by Gasteiger charge is -2.39. The number of amides is 2. The molecule has 0 aromatic heterocycles. The molecule has 0 unspecified atom stereocenters. The first-order valence-electron chi connectivity index (χ1n) is 8.47. The molecule has 0 bridgehead atoms. The first kappa shape index (κ1) is 16.6. The Morgan fingerprint density at radius 1 is 0.870 bits per heavy atom. The zero-order valence-corrected chi connectivity index (χ0v) is 16.6. The maximum atomic E-state index is 12.4. The van der Waals surface area contributed by atoms with Crippen LogP contribution in [0.4, 0.5) is 0 Å². The highest BCUT2D eigenvalue weighted by Crippen LogP contribution is 2.36. The second-order valence-corrected chi connectivity index (χ2v) is 17.7. The molecule has 2 aliphatic heterocycles. The topological polar surface area (TPSA) is 40.6 Å². The first-order valence-corrected chi connectivity index (χ1v) is 14.8. The molecule has 1 saturated heterocycles. The van der Waals surface area contributed by atoms with Gasteiger partial charge < -0.3 is 4.23 Å². The number of benzene rings is 1. The van der Waals surface area contributed by atoms with Crippen molar-refractivity contribution in [2.24, 2.45) is 0 Å². The summed E-state index contributed by atoms with van der Waals surface area (Å²) in [5.41, 5.74) is 1.12. The predicted octanol–water partition coefficient (Wildman–Crippen LogP) is 3.40. The predicted molar refractivity (Wildman–Crippen MR) is 97.7 cm³/mol. The highest BCUT2D eigenvalue weighted by molar-refractivity contribution is 6.95. The van der Waals surface area contributed by atoms with E-state index < -0.39 is 16.5 Å². The fraction of sp³-hybridized carbons (Fsp3) is 0.529. The Morgan fingerprint density at radius 2 is 1.35 bits per heavy atom. The van der Waals surface area contributed by atoms with E-state index in [-0.39, 0.29) is 11.8 Å². The van der Waals surface area contributed by atoms with Gasteiger partial charge in [-0.1, -0.05) is 38.3 Å². The van der Waals surface area contributed by atoms with Gasteiger partial charge in [0.2, 0.25) is 0 Å². The maximum absolute atomic E-state index is 12.4. The molecule has 0 spiro atoms. The summed E-state index contributed by atoms with van der Waals surface area (Å²) in [5, 5.41) is 0. The third kappa shape index (κ3) is 2.83. The van der Waals surface area contributed by atoms with Gasteiger partial charge in [-0.25, -0.2) is 0 Å². The molecule has 3 rings (SSSR count). The Bertz CT molecular complexity index is 607. The minimum Gasteiger partial charge on any atom is -0.345 e. The van der Waals surface area contributed by atoms with Crippen molar-refractivity contribution in [3.8, 4) is 0 Å². The van der Waals surface area contributed by atoms with Crippen LogP contribution in [0.1, 0.15) is 27.1 Å².